The SMILES string of the molecule is Cc1c(Cl)nnc(N2CCN(c3cnc(C(C)(C)O)cn3)[C@H](C)C2)c1C. The molecule has 1 N–H and O–H groups in total. The summed E-state index contributed by atoms with van der Waals surface area (Å²) in [5.41, 5.74) is 1.62. The molecule has 0 spiro atoms. The molecule has 1 aliphatic heterocycles. The highest BCUT2D eigenvalue weighted by Gasteiger charge is 2.28. The second kappa shape index (κ2) is 6.96. The van der Waals surface area contributed by atoms with Crippen molar-refractivity contribution in [1.82, 2.24) is 20.2 Å². The molecule has 0 saturated carbocycles. The smallest absolute Gasteiger partial charge is 0.155 e. The minimum atomic E-state index is -0.988. The second-order valence-corrected chi connectivity index (χ2v) is 7.73. The van der Waals surface area contributed by atoms with Gasteiger partial charge in [0.05, 0.1) is 18.1 Å². The summed E-state index contributed by atoms with van der Waals surface area (Å²) >= 11 is 6.07. The van der Waals surface area contributed by atoms with E-state index in [1.807, 2.05) is 13.8 Å². The fourth-order valence-electron chi connectivity index (χ4n) is 3.14. The Bertz CT molecular complexity index is 790. The van der Waals surface area contributed by atoms with Crippen LogP contribution in [0.3, 0.4) is 0 Å². The molecule has 3 rings (SSSR count). The molecule has 2 aromatic heterocycles. The summed E-state index contributed by atoms with van der Waals surface area (Å²) in [4.78, 5) is 13.3. The Kier molecular flexibility index (Phi) is 5.03. The van der Waals surface area contributed by atoms with Gasteiger partial charge in [-0.2, -0.15) is 0 Å². The highest BCUT2D eigenvalue weighted by molar-refractivity contribution is 6.30. The van der Waals surface area contributed by atoms with E-state index in [9.17, 15) is 5.11 Å². The number of anilines is 2. The van der Waals surface area contributed by atoms with Gasteiger partial charge >= 0.3 is 0 Å². The number of hydrogen-bond acceptors (Lipinski definition) is 7. The van der Waals surface area contributed by atoms with Gasteiger partial charge in [-0.1, -0.05) is 11.6 Å². The molecule has 26 heavy (non-hydrogen) atoms. The Labute approximate surface area is 159 Å². The lowest BCUT2D eigenvalue weighted by atomic mass is 10.1. The van der Waals surface area contributed by atoms with Crippen LogP contribution in [-0.4, -0.2) is 50.9 Å². The highest BCUT2D eigenvalue weighted by Crippen LogP contribution is 2.27. The summed E-state index contributed by atoms with van der Waals surface area (Å²) in [6.45, 7) is 12.0. The summed E-state index contributed by atoms with van der Waals surface area (Å²) in [6, 6.07) is 0.239. The van der Waals surface area contributed by atoms with Gasteiger partial charge in [0.2, 0.25) is 0 Å². The van der Waals surface area contributed by atoms with Gasteiger partial charge in [0.15, 0.2) is 11.0 Å². The minimum Gasteiger partial charge on any atom is -0.384 e. The first-order valence-corrected chi connectivity index (χ1v) is 9.12. The predicted octanol–water partition coefficient (Wildman–Crippen LogP) is 2.48. The highest BCUT2D eigenvalue weighted by atomic mass is 35.5. The Balaban J connectivity index is 1.76. The lowest BCUT2D eigenvalue weighted by molar-refractivity contribution is 0.0734. The van der Waals surface area contributed by atoms with E-state index in [-0.39, 0.29) is 6.04 Å². The molecule has 0 unspecified atom stereocenters. The van der Waals surface area contributed by atoms with Crippen molar-refractivity contribution < 1.29 is 5.11 Å². The van der Waals surface area contributed by atoms with E-state index in [2.05, 4.69) is 36.9 Å². The van der Waals surface area contributed by atoms with E-state index < -0.39 is 5.60 Å². The summed E-state index contributed by atoms with van der Waals surface area (Å²) in [5, 5.41) is 18.9. The summed E-state index contributed by atoms with van der Waals surface area (Å²) in [7, 11) is 0. The van der Waals surface area contributed by atoms with Crippen LogP contribution in [0, 0.1) is 13.8 Å². The summed E-state index contributed by atoms with van der Waals surface area (Å²) < 4.78 is 0. The largest absolute Gasteiger partial charge is 0.384 e. The average Bonchev–Trinajstić information content (AvgIpc) is 2.59. The van der Waals surface area contributed by atoms with Crippen LogP contribution < -0.4 is 9.80 Å². The van der Waals surface area contributed by atoms with E-state index in [4.69, 9.17) is 11.6 Å². The zero-order valence-electron chi connectivity index (χ0n) is 15.9. The van der Waals surface area contributed by atoms with E-state index in [1.165, 1.54) is 0 Å². The molecule has 1 fully saturated rings. The van der Waals surface area contributed by atoms with Crippen molar-refractivity contribution in [2.45, 2.75) is 46.3 Å². The molecule has 1 atom stereocenters. The molecule has 3 heterocycles. The van der Waals surface area contributed by atoms with Crippen molar-refractivity contribution in [1.29, 1.82) is 0 Å². The standard InChI is InChI=1S/C18H25ClN6O/c1-11-10-24(17-13(3)12(2)16(19)22-23-17)6-7-25(11)15-9-20-14(8-21-15)18(4,5)26/h8-9,11,26H,6-7,10H2,1-5H3/t11-/m1/s1. The number of piperazine rings is 1. The predicted molar refractivity (Wildman–Crippen MR) is 103 cm³/mol. The van der Waals surface area contributed by atoms with Crippen LogP contribution in [-0.2, 0) is 5.60 Å². The van der Waals surface area contributed by atoms with Gasteiger partial charge < -0.3 is 14.9 Å². The Hall–Kier alpha value is -1.99. The van der Waals surface area contributed by atoms with Gasteiger partial charge in [0.1, 0.15) is 11.4 Å². The molecule has 0 aromatic carbocycles. The fourth-order valence-corrected chi connectivity index (χ4v) is 3.32. The van der Waals surface area contributed by atoms with Crippen LogP contribution in [0.25, 0.3) is 0 Å². The molecular weight excluding hydrogens is 352 g/mol. The third-order valence-corrected chi connectivity index (χ3v) is 5.29. The molecule has 0 radical (unpaired) electrons. The monoisotopic (exact) mass is 376 g/mol. The molecule has 0 bridgehead atoms. The van der Waals surface area contributed by atoms with Crippen molar-refractivity contribution in [3.63, 3.8) is 0 Å². The van der Waals surface area contributed by atoms with Crippen LogP contribution in [0.4, 0.5) is 11.6 Å². The molecule has 2 aromatic rings. The van der Waals surface area contributed by atoms with Gasteiger partial charge in [-0.05, 0) is 45.7 Å². The van der Waals surface area contributed by atoms with Gasteiger partial charge in [-0.3, -0.25) is 4.98 Å². The quantitative estimate of drug-likeness (QED) is 0.881. The fraction of sp³-hybridized carbons (Fsp3) is 0.556. The van der Waals surface area contributed by atoms with E-state index in [0.29, 0.717) is 10.8 Å². The van der Waals surface area contributed by atoms with Crippen LogP contribution in [0.15, 0.2) is 12.4 Å². The van der Waals surface area contributed by atoms with Gasteiger partial charge in [0, 0.05) is 25.7 Å². The third-order valence-electron chi connectivity index (χ3n) is 4.93. The first-order chi connectivity index (χ1) is 12.2. The molecule has 1 aliphatic rings. The molecular formula is C18H25ClN6O. The van der Waals surface area contributed by atoms with E-state index in [0.717, 1.165) is 42.4 Å². The minimum absolute atomic E-state index is 0.239. The van der Waals surface area contributed by atoms with E-state index in [1.54, 1.807) is 26.2 Å². The first kappa shape index (κ1) is 18.8. The molecule has 7 nitrogen and oxygen atoms in total. The van der Waals surface area contributed by atoms with E-state index >= 15 is 0 Å². The Morgan fingerprint density at radius 2 is 1.85 bits per heavy atom. The Morgan fingerprint density at radius 1 is 1.12 bits per heavy atom. The normalized spacial score (nSPS) is 18.3. The van der Waals surface area contributed by atoms with Crippen molar-refractivity contribution in [3.05, 3.63) is 34.4 Å². The maximum absolute atomic E-state index is 10.0. The number of nitrogens with zero attached hydrogens (tertiary/aromatic N) is 6. The van der Waals surface area contributed by atoms with Gasteiger partial charge in [0.25, 0.3) is 0 Å². The van der Waals surface area contributed by atoms with Crippen LogP contribution in [0.2, 0.25) is 5.15 Å². The van der Waals surface area contributed by atoms with Gasteiger partial charge in [-0.15, -0.1) is 10.2 Å². The van der Waals surface area contributed by atoms with Crippen LogP contribution >= 0.6 is 11.6 Å². The Morgan fingerprint density at radius 3 is 2.42 bits per heavy atom. The van der Waals surface area contributed by atoms with Crippen molar-refractivity contribution in [3.8, 4) is 0 Å². The average molecular weight is 377 g/mol. The molecule has 0 amide bonds. The number of aliphatic hydroxyl groups is 1. The number of aromatic nitrogens is 4. The number of rotatable bonds is 3. The first-order valence-electron chi connectivity index (χ1n) is 8.74. The third kappa shape index (κ3) is 3.59. The van der Waals surface area contributed by atoms with Gasteiger partial charge in [-0.25, -0.2) is 4.98 Å². The maximum Gasteiger partial charge on any atom is 0.155 e. The zero-order valence-corrected chi connectivity index (χ0v) is 16.6. The topological polar surface area (TPSA) is 78.3 Å². The number of halogens is 1. The zero-order chi connectivity index (χ0) is 19.1. The summed E-state index contributed by atoms with van der Waals surface area (Å²) in [6.07, 6.45) is 3.38. The lowest BCUT2D eigenvalue weighted by Crippen LogP contribution is -2.53. The molecule has 140 valence electrons. The molecule has 0 aliphatic carbocycles. The lowest BCUT2D eigenvalue weighted by Gasteiger charge is -2.41. The summed E-state index contributed by atoms with van der Waals surface area (Å²) in [5.74, 6) is 1.71. The molecule has 8 heteroatoms. The second-order valence-electron chi connectivity index (χ2n) is 7.37. The van der Waals surface area contributed by atoms with Crippen molar-refractivity contribution in [2.24, 2.45) is 0 Å². The van der Waals surface area contributed by atoms with Crippen LogP contribution in [0.1, 0.15) is 37.6 Å². The maximum atomic E-state index is 10.0. The molecule has 1 saturated heterocycles. The van der Waals surface area contributed by atoms with Crippen molar-refractivity contribution >= 4 is 23.2 Å². The number of hydrogen-bond donors (Lipinski definition) is 1. The van der Waals surface area contributed by atoms with Crippen molar-refractivity contribution in [2.75, 3.05) is 29.4 Å². The van der Waals surface area contributed by atoms with Crippen LogP contribution in [0.5, 0.6) is 0 Å².